The zero-order chi connectivity index (χ0) is 13.0. The Morgan fingerprint density at radius 2 is 2.11 bits per heavy atom. The molecule has 0 aliphatic rings. The number of benzene rings is 1. The fourth-order valence-electron chi connectivity index (χ4n) is 1.99. The van der Waals surface area contributed by atoms with Gasteiger partial charge in [-0.1, -0.05) is 29.8 Å². The highest BCUT2D eigenvalue weighted by atomic mass is 79.9. The summed E-state index contributed by atoms with van der Waals surface area (Å²) in [5.41, 5.74) is 1.27. The molecule has 1 heterocycles. The molecular formula is C15H19BrNO. The molecule has 0 fully saturated rings. The highest BCUT2D eigenvalue weighted by molar-refractivity contribution is 9.09. The highest BCUT2D eigenvalue weighted by Crippen LogP contribution is 2.23. The molecule has 97 valence electrons. The van der Waals surface area contributed by atoms with Gasteiger partial charge in [-0.25, -0.2) is 0 Å². The summed E-state index contributed by atoms with van der Waals surface area (Å²) < 4.78 is 7.97. The van der Waals surface area contributed by atoms with Gasteiger partial charge >= 0.3 is 0 Å². The van der Waals surface area contributed by atoms with E-state index in [1.165, 1.54) is 16.8 Å². The van der Waals surface area contributed by atoms with Crippen LogP contribution in [0.2, 0.25) is 0 Å². The maximum Gasteiger partial charge on any atom is 0.120 e. The van der Waals surface area contributed by atoms with Gasteiger partial charge in [-0.15, -0.1) is 0 Å². The van der Waals surface area contributed by atoms with Crippen LogP contribution in [0, 0.1) is 5.92 Å². The Labute approximate surface area is 117 Å². The summed E-state index contributed by atoms with van der Waals surface area (Å²) in [5, 5.41) is 2.23. The van der Waals surface area contributed by atoms with E-state index in [0.717, 1.165) is 30.7 Å². The van der Waals surface area contributed by atoms with Gasteiger partial charge in [0.25, 0.3) is 0 Å². The summed E-state index contributed by atoms with van der Waals surface area (Å²) in [5.74, 6) is 2.36. The molecule has 0 N–H and O–H groups in total. The number of ether oxygens (including phenoxy) is 1. The number of aromatic nitrogens is 1. The monoisotopic (exact) mass is 308 g/mol. The van der Waals surface area contributed by atoms with E-state index in [-0.39, 0.29) is 0 Å². The first-order chi connectivity index (χ1) is 8.70. The van der Waals surface area contributed by atoms with Crippen LogP contribution in [0.4, 0.5) is 0 Å². The minimum absolute atomic E-state index is 0.763. The van der Waals surface area contributed by atoms with Crippen LogP contribution < -0.4 is 4.74 Å². The van der Waals surface area contributed by atoms with Crippen LogP contribution in [0.5, 0.6) is 5.75 Å². The Morgan fingerprint density at radius 3 is 2.83 bits per heavy atom. The molecule has 2 aromatic rings. The summed E-state index contributed by atoms with van der Waals surface area (Å²) in [4.78, 5) is 0. The van der Waals surface area contributed by atoms with Crippen molar-refractivity contribution in [3.05, 3.63) is 36.4 Å². The molecule has 0 saturated carbocycles. The van der Waals surface area contributed by atoms with Crippen molar-refractivity contribution in [2.45, 2.75) is 26.8 Å². The molecular weight excluding hydrogens is 290 g/mol. The molecule has 0 amide bonds. The maximum atomic E-state index is 5.70. The smallest absolute Gasteiger partial charge is 0.120 e. The van der Waals surface area contributed by atoms with Crippen molar-refractivity contribution >= 4 is 26.8 Å². The molecule has 0 atom stereocenters. The minimum atomic E-state index is 0.763. The van der Waals surface area contributed by atoms with Gasteiger partial charge in [0.15, 0.2) is 0 Å². The number of rotatable bonds is 6. The normalized spacial score (nSPS) is 11.3. The Hall–Kier alpha value is -0.960. The van der Waals surface area contributed by atoms with Gasteiger partial charge in [-0.05, 0) is 36.6 Å². The van der Waals surface area contributed by atoms with Crippen molar-refractivity contribution in [2.24, 2.45) is 0 Å². The summed E-state index contributed by atoms with van der Waals surface area (Å²) in [6, 6.07) is 8.46. The Morgan fingerprint density at radius 1 is 1.28 bits per heavy atom. The molecule has 2 rings (SSSR count). The minimum Gasteiger partial charge on any atom is -0.494 e. The average molecular weight is 309 g/mol. The van der Waals surface area contributed by atoms with Gasteiger partial charge in [0, 0.05) is 29.0 Å². The molecule has 1 aromatic carbocycles. The SMILES string of the molecule is C[C](C)Cn1ccc2cc(OCCCBr)ccc21. The molecule has 0 bridgehead atoms. The fourth-order valence-corrected chi connectivity index (χ4v) is 2.22. The molecule has 1 aromatic heterocycles. The van der Waals surface area contributed by atoms with E-state index in [1.54, 1.807) is 0 Å². The fraction of sp³-hybridized carbons (Fsp3) is 0.400. The van der Waals surface area contributed by atoms with Gasteiger partial charge in [-0.2, -0.15) is 0 Å². The second-order valence-corrected chi connectivity index (χ2v) is 5.56. The first-order valence-corrected chi connectivity index (χ1v) is 7.39. The lowest BCUT2D eigenvalue weighted by molar-refractivity contribution is 0.319. The quantitative estimate of drug-likeness (QED) is 0.569. The number of nitrogens with zero attached hydrogens (tertiary/aromatic N) is 1. The van der Waals surface area contributed by atoms with E-state index < -0.39 is 0 Å². The Kier molecular flexibility index (Phi) is 4.70. The average Bonchev–Trinajstić information content (AvgIpc) is 2.72. The van der Waals surface area contributed by atoms with Crippen LogP contribution >= 0.6 is 15.9 Å². The highest BCUT2D eigenvalue weighted by Gasteiger charge is 2.04. The van der Waals surface area contributed by atoms with Crippen LogP contribution in [-0.4, -0.2) is 16.5 Å². The third kappa shape index (κ3) is 3.29. The first kappa shape index (κ1) is 13.5. The molecule has 0 aliphatic carbocycles. The molecule has 0 unspecified atom stereocenters. The van der Waals surface area contributed by atoms with Gasteiger partial charge in [0.1, 0.15) is 5.75 Å². The van der Waals surface area contributed by atoms with Crippen LogP contribution in [0.1, 0.15) is 20.3 Å². The second-order valence-electron chi connectivity index (χ2n) is 4.76. The topological polar surface area (TPSA) is 14.2 Å². The number of hydrogen-bond acceptors (Lipinski definition) is 1. The van der Waals surface area contributed by atoms with Crippen molar-refractivity contribution < 1.29 is 4.74 Å². The van der Waals surface area contributed by atoms with Crippen LogP contribution in [0.15, 0.2) is 30.5 Å². The summed E-state index contributed by atoms with van der Waals surface area (Å²) >= 11 is 3.40. The van der Waals surface area contributed by atoms with Crippen LogP contribution in [-0.2, 0) is 6.54 Å². The predicted octanol–water partition coefficient (Wildman–Crippen LogP) is 4.42. The standard InChI is InChI=1S/C15H19BrNO/c1-12(2)11-17-8-6-13-10-14(4-5-15(13)17)18-9-3-7-16/h4-6,8,10H,3,7,9,11H2,1-2H3. The van der Waals surface area contributed by atoms with E-state index in [9.17, 15) is 0 Å². The van der Waals surface area contributed by atoms with E-state index >= 15 is 0 Å². The van der Waals surface area contributed by atoms with Crippen LogP contribution in [0.25, 0.3) is 10.9 Å². The third-order valence-electron chi connectivity index (χ3n) is 2.78. The number of fused-ring (bicyclic) bond motifs is 1. The third-order valence-corrected chi connectivity index (χ3v) is 3.34. The van der Waals surface area contributed by atoms with Crippen molar-refractivity contribution in [2.75, 3.05) is 11.9 Å². The lowest BCUT2D eigenvalue weighted by Crippen LogP contribution is -2.01. The van der Waals surface area contributed by atoms with Crippen LogP contribution in [0.3, 0.4) is 0 Å². The van der Waals surface area contributed by atoms with Gasteiger partial charge in [0.05, 0.1) is 6.61 Å². The van der Waals surface area contributed by atoms with Crippen molar-refractivity contribution in [1.82, 2.24) is 4.57 Å². The lowest BCUT2D eigenvalue weighted by atomic mass is 10.2. The van der Waals surface area contributed by atoms with Crippen molar-refractivity contribution in [1.29, 1.82) is 0 Å². The van der Waals surface area contributed by atoms with E-state index in [4.69, 9.17) is 4.74 Å². The summed E-state index contributed by atoms with van der Waals surface area (Å²) in [7, 11) is 0. The zero-order valence-corrected chi connectivity index (χ0v) is 12.5. The Bertz CT molecular complexity index is 504. The number of alkyl halides is 1. The lowest BCUT2D eigenvalue weighted by Gasteiger charge is -2.09. The first-order valence-electron chi connectivity index (χ1n) is 6.27. The van der Waals surface area contributed by atoms with Gasteiger partial charge < -0.3 is 9.30 Å². The van der Waals surface area contributed by atoms with Gasteiger partial charge in [-0.3, -0.25) is 0 Å². The Balaban J connectivity index is 2.15. The molecule has 2 nitrogen and oxygen atoms in total. The summed E-state index contributed by atoms with van der Waals surface area (Å²) in [6.45, 7) is 6.06. The molecule has 0 spiro atoms. The van der Waals surface area contributed by atoms with Crippen molar-refractivity contribution in [3.63, 3.8) is 0 Å². The number of hydrogen-bond donors (Lipinski definition) is 0. The summed E-state index contributed by atoms with van der Waals surface area (Å²) in [6.07, 6.45) is 3.17. The van der Waals surface area contributed by atoms with E-state index in [1.807, 2.05) is 0 Å². The largest absolute Gasteiger partial charge is 0.494 e. The maximum absolute atomic E-state index is 5.70. The molecule has 0 saturated heterocycles. The predicted molar refractivity (Wildman–Crippen MR) is 80.4 cm³/mol. The molecule has 1 radical (unpaired) electrons. The molecule has 3 heteroatoms. The molecule has 18 heavy (non-hydrogen) atoms. The van der Waals surface area contributed by atoms with E-state index in [0.29, 0.717) is 0 Å². The molecule has 0 aliphatic heterocycles. The zero-order valence-electron chi connectivity index (χ0n) is 10.9. The van der Waals surface area contributed by atoms with Crippen molar-refractivity contribution in [3.8, 4) is 5.75 Å². The van der Waals surface area contributed by atoms with E-state index in [2.05, 4.69) is 64.8 Å². The second kappa shape index (κ2) is 6.28. The van der Waals surface area contributed by atoms with Gasteiger partial charge in [0.2, 0.25) is 0 Å². The number of halogens is 1.